The maximum Gasteiger partial charge on any atom is 0.358 e. The molecule has 0 aliphatic rings. The molecule has 0 spiro atoms. The fourth-order valence-corrected chi connectivity index (χ4v) is 0.969. The molecule has 0 atom stereocenters. The van der Waals surface area contributed by atoms with Gasteiger partial charge in [-0.1, -0.05) is 17.3 Å². The van der Waals surface area contributed by atoms with E-state index in [-0.39, 0.29) is 17.0 Å². The van der Waals surface area contributed by atoms with Crippen LogP contribution >= 0.6 is 0 Å². The van der Waals surface area contributed by atoms with Crippen LogP contribution in [0.1, 0.15) is 5.56 Å². The van der Waals surface area contributed by atoms with Gasteiger partial charge in [-0.15, -0.1) is 0 Å². The first-order chi connectivity index (χ1) is 6.66. The highest BCUT2D eigenvalue weighted by Gasteiger charge is 2.16. The highest BCUT2D eigenvalue weighted by molar-refractivity contribution is 6.43. The maximum atomic E-state index is 10.7. The monoisotopic (exact) mass is 195 g/mol. The van der Waals surface area contributed by atoms with E-state index in [0.29, 0.717) is 0 Å². The van der Waals surface area contributed by atoms with Crippen molar-refractivity contribution in [2.75, 3.05) is 7.11 Å². The molecule has 74 valence electrons. The lowest BCUT2D eigenvalue weighted by molar-refractivity contribution is -0.129. The van der Waals surface area contributed by atoms with Crippen LogP contribution in [0.25, 0.3) is 0 Å². The van der Waals surface area contributed by atoms with Gasteiger partial charge in [0.1, 0.15) is 12.9 Å². The largest absolute Gasteiger partial charge is 0.507 e. The summed E-state index contributed by atoms with van der Waals surface area (Å²) >= 11 is 0. The second kappa shape index (κ2) is 4.27. The standard InChI is InChI=1S/C9H9NO4/c1-14-10-8(9(12)13)6-4-2-3-5-7(6)11/h2-5,11H,1H3,(H,12,13)/b10-8-. The van der Waals surface area contributed by atoms with Crippen LogP contribution in [0.2, 0.25) is 0 Å². The van der Waals surface area contributed by atoms with Crippen molar-refractivity contribution in [2.24, 2.45) is 5.16 Å². The van der Waals surface area contributed by atoms with Crippen molar-refractivity contribution in [3.63, 3.8) is 0 Å². The van der Waals surface area contributed by atoms with E-state index in [1.165, 1.54) is 19.2 Å². The summed E-state index contributed by atoms with van der Waals surface area (Å²) in [7, 11) is 1.24. The predicted molar refractivity (Wildman–Crippen MR) is 49.3 cm³/mol. The zero-order valence-corrected chi connectivity index (χ0v) is 7.47. The molecule has 14 heavy (non-hydrogen) atoms. The van der Waals surface area contributed by atoms with Crippen LogP contribution in [-0.4, -0.2) is 29.0 Å². The number of oxime groups is 1. The minimum absolute atomic E-state index is 0.127. The Labute approximate surface area is 80.2 Å². The lowest BCUT2D eigenvalue weighted by atomic mass is 10.1. The Morgan fingerprint density at radius 2 is 2.07 bits per heavy atom. The number of carbonyl (C=O) groups is 1. The summed E-state index contributed by atoms with van der Waals surface area (Å²) in [4.78, 5) is 15.1. The highest BCUT2D eigenvalue weighted by atomic mass is 16.6. The van der Waals surface area contributed by atoms with E-state index < -0.39 is 5.97 Å². The Kier molecular flexibility index (Phi) is 3.06. The molecule has 5 heteroatoms. The number of carboxylic acids is 1. The van der Waals surface area contributed by atoms with Crippen molar-refractivity contribution in [3.05, 3.63) is 29.8 Å². The van der Waals surface area contributed by atoms with Gasteiger partial charge < -0.3 is 15.1 Å². The number of carboxylic acid groups (broad SMARTS) is 1. The minimum atomic E-state index is -1.26. The lowest BCUT2D eigenvalue weighted by Gasteiger charge is -2.02. The summed E-state index contributed by atoms with van der Waals surface area (Å²) < 4.78 is 0. The first-order valence-electron chi connectivity index (χ1n) is 3.79. The number of rotatable bonds is 3. The van der Waals surface area contributed by atoms with Crippen molar-refractivity contribution in [1.82, 2.24) is 0 Å². The summed E-state index contributed by atoms with van der Waals surface area (Å²) in [5, 5.41) is 21.4. The zero-order chi connectivity index (χ0) is 10.6. The number of aliphatic carboxylic acids is 1. The van der Waals surface area contributed by atoms with E-state index in [0.717, 1.165) is 0 Å². The fraction of sp³-hybridized carbons (Fsp3) is 0.111. The Bertz CT molecular complexity index is 373. The smallest absolute Gasteiger partial charge is 0.358 e. The molecular weight excluding hydrogens is 186 g/mol. The molecular formula is C9H9NO4. The van der Waals surface area contributed by atoms with Gasteiger partial charge in [-0.2, -0.15) is 0 Å². The first kappa shape index (κ1) is 10.0. The van der Waals surface area contributed by atoms with E-state index in [9.17, 15) is 9.90 Å². The molecule has 0 radical (unpaired) electrons. The molecule has 0 aliphatic carbocycles. The normalized spacial score (nSPS) is 11.1. The van der Waals surface area contributed by atoms with Gasteiger partial charge in [-0.25, -0.2) is 4.79 Å². The van der Waals surface area contributed by atoms with Crippen LogP contribution in [0.5, 0.6) is 5.75 Å². The van der Waals surface area contributed by atoms with Crippen LogP contribution in [0.4, 0.5) is 0 Å². The second-order valence-electron chi connectivity index (χ2n) is 2.44. The summed E-state index contributed by atoms with van der Waals surface area (Å²) in [5.41, 5.74) is -0.201. The number of phenolic OH excluding ortho intramolecular Hbond substituents is 1. The van der Waals surface area contributed by atoms with Crippen molar-refractivity contribution < 1.29 is 19.8 Å². The summed E-state index contributed by atoms with van der Waals surface area (Å²) in [5.74, 6) is -1.40. The van der Waals surface area contributed by atoms with Crippen LogP contribution in [0.3, 0.4) is 0 Å². The average molecular weight is 195 g/mol. The second-order valence-corrected chi connectivity index (χ2v) is 2.44. The molecule has 0 bridgehead atoms. The SMILES string of the molecule is CO/N=C(\C(=O)O)c1ccccc1O. The third-order valence-corrected chi connectivity index (χ3v) is 1.54. The van der Waals surface area contributed by atoms with Crippen LogP contribution in [-0.2, 0) is 9.63 Å². The van der Waals surface area contributed by atoms with E-state index in [4.69, 9.17) is 5.11 Å². The van der Waals surface area contributed by atoms with Crippen molar-refractivity contribution in [1.29, 1.82) is 0 Å². The summed E-state index contributed by atoms with van der Waals surface area (Å²) in [6.07, 6.45) is 0. The maximum absolute atomic E-state index is 10.7. The third kappa shape index (κ3) is 2.01. The van der Waals surface area contributed by atoms with E-state index in [2.05, 4.69) is 9.99 Å². The molecule has 1 aromatic carbocycles. The Balaban J connectivity index is 3.19. The van der Waals surface area contributed by atoms with Gasteiger partial charge >= 0.3 is 5.97 Å². The Hall–Kier alpha value is -2.04. The number of para-hydroxylation sites is 1. The van der Waals surface area contributed by atoms with Gasteiger partial charge in [0, 0.05) is 0 Å². The fourth-order valence-electron chi connectivity index (χ4n) is 0.969. The molecule has 1 aromatic rings. The third-order valence-electron chi connectivity index (χ3n) is 1.54. The first-order valence-corrected chi connectivity index (χ1v) is 3.79. The molecule has 0 fully saturated rings. The number of phenols is 1. The number of nitrogens with zero attached hydrogens (tertiary/aromatic N) is 1. The Morgan fingerprint density at radius 3 is 2.57 bits per heavy atom. The van der Waals surface area contributed by atoms with E-state index in [1.807, 2.05) is 0 Å². The molecule has 0 unspecified atom stereocenters. The number of hydrogen-bond donors (Lipinski definition) is 2. The van der Waals surface area contributed by atoms with E-state index >= 15 is 0 Å². The molecule has 0 saturated heterocycles. The van der Waals surface area contributed by atoms with Gasteiger partial charge in [-0.05, 0) is 12.1 Å². The topological polar surface area (TPSA) is 79.1 Å². The summed E-state index contributed by atoms with van der Waals surface area (Å²) in [6, 6.07) is 6.01. The average Bonchev–Trinajstić information content (AvgIpc) is 2.15. The zero-order valence-electron chi connectivity index (χ0n) is 7.47. The molecule has 0 amide bonds. The molecule has 1 rings (SSSR count). The molecule has 0 aromatic heterocycles. The van der Waals surface area contributed by atoms with Crippen molar-refractivity contribution >= 4 is 11.7 Å². The van der Waals surface area contributed by atoms with Gasteiger partial charge in [0.25, 0.3) is 0 Å². The number of aromatic hydroxyl groups is 1. The molecule has 0 saturated carbocycles. The van der Waals surface area contributed by atoms with Gasteiger partial charge in [0.05, 0.1) is 5.56 Å². The van der Waals surface area contributed by atoms with Gasteiger partial charge in [0.2, 0.25) is 0 Å². The Morgan fingerprint density at radius 1 is 1.43 bits per heavy atom. The molecule has 0 aliphatic heterocycles. The molecule has 2 N–H and O–H groups in total. The molecule has 0 heterocycles. The summed E-state index contributed by atoms with van der Waals surface area (Å²) in [6.45, 7) is 0. The van der Waals surface area contributed by atoms with Crippen LogP contribution in [0.15, 0.2) is 29.4 Å². The minimum Gasteiger partial charge on any atom is -0.507 e. The van der Waals surface area contributed by atoms with Crippen molar-refractivity contribution in [2.45, 2.75) is 0 Å². The van der Waals surface area contributed by atoms with Crippen LogP contribution < -0.4 is 0 Å². The van der Waals surface area contributed by atoms with Crippen molar-refractivity contribution in [3.8, 4) is 5.75 Å². The van der Waals surface area contributed by atoms with Crippen LogP contribution in [0, 0.1) is 0 Å². The van der Waals surface area contributed by atoms with Gasteiger partial charge in [-0.3, -0.25) is 0 Å². The van der Waals surface area contributed by atoms with E-state index in [1.54, 1.807) is 12.1 Å². The quantitative estimate of drug-likeness (QED) is 0.553. The predicted octanol–water partition coefficient (Wildman–Crippen LogP) is 0.827. The van der Waals surface area contributed by atoms with Gasteiger partial charge in [0.15, 0.2) is 5.71 Å². The lowest BCUT2D eigenvalue weighted by Crippen LogP contribution is -2.14. The highest BCUT2D eigenvalue weighted by Crippen LogP contribution is 2.16. The number of hydrogen-bond acceptors (Lipinski definition) is 4. The molecule has 5 nitrogen and oxygen atoms in total. The number of benzene rings is 1.